The fourth-order valence-electron chi connectivity index (χ4n) is 4.44. The lowest BCUT2D eigenvalue weighted by Crippen LogP contribution is -2.34. The van der Waals surface area contributed by atoms with Crippen molar-refractivity contribution in [2.45, 2.75) is 84.6 Å². The first-order valence-electron chi connectivity index (χ1n) is 9.27. The van der Waals surface area contributed by atoms with E-state index < -0.39 is 0 Å². The molecule has 3 aliphatic carbocycles. The molecule has 0 aromatic heterocycles. The molecule has 3 saturated carbocycles. The predicted molar refractivity (Wildman–Crippen MR) is 86.8 cm³/mol. The molecule has 0 aromatic rings. The highest BCUT2D eigenvalue weighted by Crippen LogP contribution is 2.49. The normalized spacial score (nSPS) is 32.4. The summed E-state index contributed by atoms with van der Waals surface area (Å²) in [6, 6.07) is 0.822. The van der Waals surface area contributed by atoms with E-state index in [1.165, 1.54) is 64.3 Å². The van der Waals surface area contributed by atoms with E-state index in [2.05, 4.69) is 26.1 Å². The minimum absolute atomic E-state index is 0.513. The Hall–Kier alpha value is -0.0400. The summed E-state index contributed by atoms with van der Waals surface area (Å²) in [5.74, 6) is 4.18. The van der Waals surface area contributed by atoms with Crippen molar-refractivity contribution in [1.29, 1.82) is 0 Å². The summed E-state index contributed by atoms with van der Waals surface area (Å²) in [5, 5.41) is 3.98. The van der Waals surface area contributed by atoms with Gasteiger partial charge in [0.1, 0.15) is 0 Å². The first-order valence-corrected chi connectivity index (χ1v) is 9.27. The Balaban J connectivity index is 1.44. The Morgan fingerprint density at radius 3 is 2.05 bits per heavy atom. The lowest BCUT2D eigenvalue weighted by atomic mass is 9.76. The van der Waals surface area contributed by atoms with Crippen molar-refractivity contribution < 1.29 is 0 Å². The Bertz CT molecular complexity index is 296. The fraction of sp³-hybridized carbons (Fsp3) is 1.00. The molecule has 0 heterocycles. The average Bonchev–Trinajstić information content (AvgIpc) is 3.25. The molecule has 0 amide bonds. The molecule has 2 atom stereocenters. The molecule has 1 N–H and O–H groups in total. The van der Waals surface area contributed by atoms with Crippen LogP contribution in [0.2, 0.25) is 0 Å². The summed E-state index contributed by atoms with van der Waals surface area (Å²) in [6.45, 7) is 8.63. The highest BCUT2D eigenvalue weighted by Gasteiger charge is 2.41. The molecule has 1 heteroatoms. The van der Waals surface area contributed by atoms with Crippen molar-refractivity contribution in [3.05, 3.63) is 0 Å². The van der Waals surface area contributed by atoms with E-state index >= 15 is 0 Å². The first kappa shape index (κ1) is 14.9. The van der Waals surface area contributed by atoms with Crippen LogP contribution >= 0.6 is 0 Å². The lowest BCUT2D eigenvalue weighted by molar-refractivity contribution is 0.213. The maximum absolute atomic E-state index is 3.98. The van der Waals surface area contributed by atoms with Gasteiger partial charge in [0.15, 0.2) is 0 Å². The van der Waals surface area contributed by atoms with Crippen LogP contribution in [-0.4, -0.2) is 12.6 Å². The highest BCUT2D eigenvalue weighted by molar-refractivity contribution is 4.93. The van der Waals surface area contributed by atoms with Crippen LogP contribution < -0.4 is 5.32 Å². The van der Waals surface area contributed by atoms with E-state index in [1.54, 1.807) is 0 Å². The van der Waals surface area contributed by atoms with Crippen molar-refractivity contribution in [2.75, 3.05) is 6.54 Å². The van der Waals surface area contributed by atoms with Gasteiger partial charge in [-0.15, -0.1) is 0 Å². The third-order valence-electron chi connectivity index (χ3n) is 6.29. The van der Waals surface area contributed by atoms with E-state index in [0.29, 0.717) is 5.41 Å². The van der Waals surface area contributed by atoms with Gasteiger partial charge in [-0.25, -0.2) is 0 Å². The van der Waals surface area contributed by atoms with Gasteiger partial charge in [-0.1, -0.05) is 27.2 Å². The lowest BCUT2D eigenvalue weighted by Gasteiger charge is -2.30. The Kier molecular flexibility index (Phi) is 4.45. The van der Waals surface area contributed by atoms with E-state index in [9.17, 15) is 0 Å². The van der Waals surface area contributed by atoms with Crippen LogP contribution in [0.1, 0.15) is 78.6 Å². The summed E-state index contributed by atoms with van der Waals surface area (Å²) in [4.78, 5) is 0. The molecule has 3 fully saturated rings. The molecule has 116 valence electrons. The smallest absolute Gasteiger partial charge is 0.00672 e. The van der Waals surface area contributed by atoms with Gasteiger partial charge in [0.05, 0.1) is 0 Å². The average molecular weight is 277 g/mol. The first-order chi connectivity index (χ1) is 9.54. The summed E-state index contributed by atoms with van der Waals surface area (Å²) in [6.07, 6.45) is 13.3. The third kappa shape index (κ3) is 4.00. The second-order valence-electron chi connectivity index (χ2n) is 9.02. The molecule has 20 heavy (non-hydrogen) atoms. The van der Waals surface area contributed by atoms with Gasteiger partial charge in [0, 0.05) is 6.04 Å². The number of hydrogen-bond donors (Lipinski definition) is 1. The van der Waals surface area contributed by atoms with E-state index in [0.717, 1.165) is 29.7 Å². The fourth-order valence-corrected chi connectivity index (χ4v) is 4.44. The van der Waals surface area contributed by atoms with Gasteiger partial charge < -0.3 is 5.32 Å². The van der Waals surface area contributed by atoms with Crippen LogP contribution in [0.5, 0.6) is 0 Å². The van der Waals surface area contributed by atoms with Gasteiger partial charge >= 0.3 is 0 Å². The minimum Gasteiger partial charge on any atom is -0.314 e. The van der Waals surface area contributed by atoms with Gasteiger partial charge in [-0.3, -0.25) is 0 Å². The maximum atomic E-state index is 3.98. The zero-order chi connectivity index (χ0) is 14.2. The predicted octanol–water partition coefficient (Wildman–Crippen LogP) is 5.01. The van der Waals surface area contributed by atoms with Gasteiger partial charge in [0.2, 0.25) is 0 Å². The zero-order valence-electron chi connectivity index (χ0n) is 14.0. The van der Waals surface area contributed by atoms with Crippen molar-refractivity contribution in [1.82, 2.24) is 5.32 Å². The molecule has 0 aliphatic heterocycles. The highest BCUT2D eigenvalue weighted by atomic mass is 14.9. The molecule has 0 saturated heterocycles. The monoisotopic (exact) mass is 277 g/mol. The minimum atomic E-state index is 0.513. The second-order valence-corrected chi connectivity index (χ2v) is 9.02. The largest absolute Gasteiger partial charge is 0.314 e. The molecule has 0 bridgehead atoms. The van der Waals surface area contributed by atoms with Crippen LogP contribution in [0.15, 0.2) is 0 Å². The quantitative estimate of drug-likeness (QED) is 0.697. The number of rotatable bonds is 5. The molecule has 3 rings (SSSR count). The van der Waals surface area contributed by atoms with Gasteiger partial charge in [-0.05, 0) is 87.0 Å². The SMILES string of the molecule is CC(C)(C)C1CCCC(NCC(C2CC2)C2CC2)CC1. The van der Waals surface area contributed by atoms with Crippen LogP contribution in [0, 0.1) is 29.1 Å². The van der Waals surface area contributed by atoms with Crippen LogP contribution in [0.4, 0.5) is 0 Å². The number of nitrogens with one attached hydrogen (secondary N) is 1. The Morgan fingerprint density at radius 1 is 0.850 bits per heavy atom. The molecule has 1 nitrogen and oxygen atoms in total. The summed E-state index contributed by atoms with van der Waals surface area (Å²) < 4.78 is 0. The molecule has 0 radical (unpaired) electrons. The molecular weight excluding hydrogens is 242 g/mol. The second kappa shape index (κ2) is 5.99. The third-order valence-corrected chi connectivity index (χ3v) is 6.29. The molecule has 0 aromatic carbocycles. The van der Waals surface area contributed by atoms with E-state index in [1.807, 2.05) is 0 Å². The van der Waals surface area contributed by atoms with Crippen molar-refractivity contribution in [3.8, 4) is 0 Å². The summed E-state index contributed by atoms with van der Waals surface area (Å²) >= 11 is 0. The van der Waals surface area contributed by atoms with Crippen molar-refractivity contribution in [3.63, 3.8) is 0 Å². The zero-order valence-corrected chi connectivity index (χ0v) is 14.0. The maximum Gasteiger partial charge on any atom is 0.00672 e. The molecule has 3 aliphatic rings. The standard InChI is InChI=1S/C19H35N/c1-19(2,3)16-5-4-6-17(12-11-16)20-13-18(14-7-8-14)15-9-10-15/h14-18,20H,4-13H2,1-3H3. The summed E-state index contributed by atoms with van der Waals surface area (Å²) in [7, 11) is 0. The summed E-state index contributed by atoms with van der Waals surface area (Å²) in [5.41, 5.74) is 0.513. The Labute approximate surface area is 126 Å². The van der Waals surface area contributed by atoms with E-state index in [-0.39, 0.29) is 0 Å². The molecular formula is C19H35N. The van der Waals surface area contributed by atoms with Crippen molar-refractivity contribution >= 4 is 0 Å². The molecule has 0 spiro atoms. The Morgan fingerprint density at radius 2 is 1.50 bits per heavy atom. The van der Waals surface area contributed by atoms with Gasteiger partial charge in [-0.2, -0.15) is 0 Å². The van der Waals surface area contributed by atoms with Crippen LogP contribution in [0.25, 0.3) is 0 Å². The van der Waals surface area contributed by atoms with Crippen LogP contribution in [0.3, 0.4) is 0 Å². The van der Waals surface area contributed by atoms with Gasteiger partial charge in [0.25, 0.3) is 0 Å². The molecule has 2 unspecified atom stereocenters. The number of hydrogen-bond acceptors (Lipinski definition) is 1. The van der Waals surface area contributed by atoms with Crippen LogP contribution in [-0.2, 0) is 0 Å². The van der Waals surface area contributed by atoms with Crippen molar-refractivity contribution in [2.24, 2.45) is 29.1 Å². The van der Waals surface area contributed by atoms with E-state index in [4.69, 9.17) is 0 Å². The topological polar surface area (TPSA) is 12.0 Å².